The second-order valence-corrected chi connectivity index (χ2v) is 4.15. The van der Waals surface area contributed by atoms with Gasteiger partial charge in [-0.1, -0.05) is 57.9 Å². The van der Waals surface area contributed by atoms with E-state index < -0.39 is 0 Å². The first kappa shape index (κ1) is 10.8. The van der Waals surface area contributed by atoms with Gasteiger partial charge in [-0.15, -0.1) is 11.6 Å². The van der Waals surface area contributed by atoms with Gasteiger partial charge in [0.25, 0.3) is 0 Å². The lowest BCUT2D eigenvalue weighted by Crippen LogP contribution is -1.92. The van der Waals surface area contributed by atoms with Gasteiger partial charge in [-0.2, -0.15) is 0 Å². The zero-order valence-electron chi connectivity index (χ0n) is 7.50. The van der Waals surface area contributed by atoms with E-state index in [0.29, 0.717) is 0 Å². The topological polar surface area (TPSA) is 0 Å². The lowest BCUT2D eigenvalue weighted by molar-refractivity contribution is 1.28. The van der Waals surface area contributed by atoms with Crippen molar-refractivity contribution in [3.05, 3.63) is 41.5 Å². The predicted octanol–water partition coefficient (Wildman–Crippen LogP) is 4.01. The Morgan fingerprint density at radius 1 is 1.54 bits per heavy atom. The smallest absolute Gasteiger partial charge is 0.0616 e. The number of halogens is 2. The minimum atomic E-state index is 0.0699. The molecule has 1 rings (SSSR count). The summed E-state index contributed by atoms with van der Waals surface area (Å²) in [6, 6.07) is 8.34. The quantitative estimate of drug-likeness (QED) is 0.720. The van der Waals surface area contributed by atoms with E-state index in [0.717, 1.165) is 5.33 Å². The molecule has 0 aromatic heterocycles. The van der Waals surface area contributed by atoms with Crippen molar-refractivity contribution in [3.63, 3.8) is 0 Å². The molecule has 1 atom stereocenters. The maximum Gasteiger partial charge on any atom is 0.0616 e. The van der Waals surface area contributed by atoms with E-state index in [1.807, 2.05) is 18.2 Å². The molecule has 0 aliphatic rings. The number of benzene rings is 1. The van der Waals surface area contributed by atoms with Crippen LogP contribution in [0.1, 0.15) is 11.1 Å². The van der Waals surface area contributed by atoms with Crippen LogP contribution in [0.3, 0.4) is 0 Å². The zero-order chi connectivity index (χ0) is 9.68. The Morgan fingerprint density at radius 2 is 2.31 bits per heavy atom. The van der Waals surface area contributed by atoms with Crippen molar-refractivity contribution in [2.75, 3.05) is 5.33 Å². The number of hydrogen-bond donors (Lipinski definition) is 0. The van der Waals surface area contributed by atoms with Gasteiger partial charge in [0.1, 0.15) is 0 Å². The monoisotopic (exact) mass is 258 g/mol. The van der Waals surface area contributed by atoms with Crippen molar-refractivity contribution < 1.29 is 0 Å². The van der Waals surface area contributed by atoms with Gasteiger partial charge >= 0.3 is 0 Å². The van der Waals surface area contributed by atoms with E-state index in [1.54, 1.807) is 0 Å². The molecule has 0 heterocycles. The highest BCUT2D eigenvalue weighted by molar-refractivity contribution is 9.09. The lowest BCUT2D eigenvalue weighted by Gasteiger charge is -1.98. The fourth-order valence-electron chi connectivity index (χ4n) is 1.04. The molecule has 70 valence electrons. The Morgan fingerprint density at radius 3 is 2.92 bits per heavy atom. The van der Waals surface area contributed by atoms with Crippen LogP contribution in [0.2, 0.25) is 0 Å². The van der Waals surface area contributed by atoms with Gasteiger partial charge in [0.15, 0.2) is 0 Å². The van der Waals surface area contributed by atoms with Gasteiger partial charge in [-0.25, -0.2) is 0 Å². The molecule has 0 nitrogen and oxygen atoms in total. The fourth-order valence-corrected chi connectivity index (χ4v) is 1.33. The molecule has 0 saturated carbocycles. The number of allylic oxidation sites excluding steroid dienone is 1. The molecular formula is C11H12BrCl. The largest absolute Gasteiger partial charge is 0.118 e. The molecular weight excluding hydrogens is 247 g/mol. The van der Waals surface area contributed by atoms with E-state index in [9.17, 15) is 0 Å². The van der Waals surface area contributed by atoms with Crippen molar-refractivity contribution >= 4 is 33.6 Å². The Kier molecular flexibility index (Phi) is 4.54. The lowest BCUT2D eigenvalue weighted by atomic mass is 10.1. The highest BCUT2D eigenvalue weighted by Crippen LogP contribution is 2.09. The van der Waals surface area contributed by atoms with Crippen molar-refractivity contribution in [3.8, 4) is 0 Å². The van der Waals surface area contributed by atoms with Crippen LogP contribution in [-0.2, 0) is 0 Å². The fraction of sp³-hybridized carbons (Fsp3) is 0.273. The molecule has 0 N–H and O–H groups in total. The highest BCUT2D eigenvalue weighted by Gasteiger charge is 1.94. The molecule has 1 aromatic carbocycles. The molecule has 1 unspecified atom stereocenters. The van der Waals surface area contributed by atoms with Crippen molar-refractivity contribution in [1.29, 1.82) is 0 Å². The molecule has 0 saturated heterocycles. The molecule has 0 fully saturated rings. The van der Waals surface area contributed by atoms with Crippen LogP contribution in [0.15, 0.2) is 30.3 Å². The second-order valence-electron chi connectivity index (χ2n) is 2.94. The molecule has 0 aliphatic heterocycles. The average Bonchev–Trinajstić information content (AvgIpc) is 2.14. The van der Waals surface area contributed by atoms with Crippen LogP contribution >= 0.6 is 27.5 Å². The Labute approximate surface area is 92.7 Å². The van der Waals surface area contributed by atoms with Crippen molar-refractivity contribution in [2.45, 2.75) is 12.3 Å². The normalized spacial score (nSPS) is 13.5. The predicted molar refractivity (Wildman–Crippen MR) is 63.6 cm³/mol. The molecule has 13 heavy (non-hydrogen) atoms. The van der Waals surface area contributed by atoms with Crippen LogP contribution in [0, 0.1) is 6.92 Å². The number of aryl methyl sites for hydroxylation is 1. The van der Waals surface area contributed by atoms with Crippen molar-refractivity contribution in [2.24, 2.45) is 0 Å². The first-order valence-electron chi connectivity index (χ1n) is 4.17. The van der Waals surface area contributed by atoms with E-state index in [4.69, 9.17) is 11.6 Å². The Bertz CT molecular complexity index is 294. The summed E-state index contributed by atoms with van der Waals surface area (Å²) < 4.78 is 0. The van der Waals surface area contributed by atoms with E-state index in [1.165, 1.54) is 11.1 Å². The third-order valence-corrected chi connectivity index (χ3v) is 3.06. The van der Waals surface area contributed by atoms with Crippen LogP contribution in [0.5, 0.6) is 0 Å². The van der Waals surface area contributed by atoms with Gasteiger partial charge in [-0.05, 0) is 12.5 Å². The van der Waals surface area contributed by atoms with Crippen LogP contribution in [-0.4, -0.2) is 10.7 Å². The number of alkyl halides is 2. The summed E-state index contributed by atoms with van der Waals surface area (Å²) in [5.74, 6) is 0. The van der Waals surface area contributed by atoms with Crippen LogP contribution in [0.4, 0.5) is 0 Å². The standard InChI is InChI=1S/C11H12BrCl/c1-9-3-2-4-10(7-9)5-6-11(13)8-12/h2-7,11H,8H2,1H3/b6-5+. The third kappa shape index (κ3) is 3.97. The molecule has 1 aromatic rings. The van der Waals surface area contributed by atoms with Crippen molar-refractivity contribution in [1.82, 2.24) is 0 Å². The summed E-state index contributed by atoms with van der Waals surface area (Å²) in [6.45, 7) is 2.08. The first-order valence-corrected chi connectivity index (χ1v) is 5.73. The van der Waals surface area contributed by atoms with E-state index in [-0.39, 0.29) is 5.38 Å². The molecule has 0 radical (unpaired) electrons. The summed E-state index contributed by atoms with van der Waals surface area (Å²) in [5.41, 5.74) is 2.47. The summed E-state index contributed by atoms with van der Waals surface area (Å²) in [7, 11) is 0. The average molecular weight is 260 g/mol. The second kappa shape index (κ2) is 5.46. The van der Waals surface area contributed by atoms with E-state index in [2.05, 4.69) is 41.1 Å². The molecule has 0 amide bonds. The summed E-state index contributed by atoms with van der Waals surface area (Å²) in [6.07, 6.45) is 4.04. The number of hydrogen-bond acceptors (Lipinski definition) is 0. The van der Waals surface area contributed by atoms with Crippen LogP contribution in [0.25, 0.3) is 6.08 Å². The molecule has 2 heteroatoms. The third-order valence-electron chi connectivity index (χ3n) is 1.69. The Hall–Kier alpha value is -0.270. The zero-order valence-corrected chi connectivity index (χ0v) is 9.85. The van der Waals surface area contributed by atoms with Crippen LogP contribution < -0.4 is 0 Å². The molecule has 0 aliphatic carbocycles. The maximum absolute atomic E-state index is 5.92. The van der Waals surface area contributed by atoms with Gasteiger partial charge in [0.05, 0.1) is 5.38 Å². The molecule has 0 bridgehead atoms. The minimum Gasteiger partial charge on any atom is -0.118 e. The van der Waals surface area contributed by atoms with Gasteiger partial charge in [0.2, 0.25) is 0 Å². The highest BCUT2D eigenvalue weighted by atomic mass is 79.9. The van der Waals surface area contributed by atoms with Gasteiger partial charge in [-0.3, -0.25) is 0 Å². The van der Waals surface area contributed by atoms with E-state index >= 15 is 0 Å². The van der Waals surface area contributed by atoms with Gasteiger partial charge < -0.3 is 0 Å². The minimum absolute atomic E-state index is 0.0699. The summed E-state index contributed by atoms with van der Waals surface area (Å²) >= 11 is 9.24. The SMILES string of the molecule is Cc1cccc(/C=C/C(Cl)CBr)c1. The first-order chi connectivity index (χ1) is 6.22. The van der Waals surface area contributed by atoms with Gasteiger partial charge in [0, 0.05) is 5.33 Å². The summed E-state index contributed by atoms with van der Waals surface area (Å²) in [4.78, 5) is 0. The Balaban J connectivity index is 2.68. The maximum atomic E-state index is 5.92. The number of rotatable bonds is 3. The summed E-state index contributed by atoms with van der Waals surface area (Å²) in [5, 5.41) is 0.858. The molecule has 0 spiro atoms.